The van der Waals surface area contributed by atoms with Crippen LogP contribution >= 0.6 is 0 Å². The molecule has 0 aliphatic rings. The summed E-state index contributed by atoms with van der Waals surface area (Å²) in [6, 6.07) is 0. The van der Waals surface area contributed by atoms with Gasteiger partial charge in [0.2, 0.25) is 0 Å². The van der Waals surface area contributed by atoms with Gasteiger partial charge in [0.05, 0.1) is 0 Å². The van der Waals surface area contributed by atoms with Crippen molar-refractivity contribution in [1.29, 1.82) is 0 Å². The molecule has 0 aliphatic heterocycles. The first-order chi connectivity index (χ1) is 8.84. The summed E-state index contributed by atoms with van der Waals surface area (Å²) in [7, 11) is 0. The molecular weight excluding hydrogens is 433 g/mol. The fourth-order valence-corrected chi connectivity index (χ4v) is 0. The van der Waals surface area contributed by atoms with E-state index in [1.165, 1.54) is 0 Å². The second-order valence-electron chi connectivity index (χ2n) is 1.92. The second kappa shape index (κ2) is 32.6. The average molecular weight is 451 g/mol. The molecule has 17 heteroatoms. The summed E-state index contributed by atoms with van der Waals surface area (Å²) in [6.45, 7) is 2.88. The monoisotopic (exact) mass is 451 g/mol. The Labute approximate surface area is 141 Å². The fraction of sp³-hybridized carbons (Fsp3) is 1.00. The Kier molecular flexibility index (Phi) is 54.3. The molecule has 0 aromatic heterocycles. The summed E-state index contributed by atoms with van der Waals surface area (Å²) in [4.78, 5) is 0. The van der Waals surface area contributed by atoms with Crippen LogP contribution in [-0.2, 0) is 87.8 Å². The predicted molar refractivity (Wildman–Crippen MR) is 39.8 cm³/mol. The Morgan fingerprint density at radius 1 is 0.650 bits per heavy atom. The van der Waals surface area contributed by atoms with Gasteiger partial charge >= 0.3 is 117 Å². The summed E-state index contributed by atoms with van der Waals surface area (Å²) in [6.07, 6.45) is 1.10. The van der Waals surface area contributed by atoms with Crippen molar-refractivity contribution in [1.82, 2.24) is 0 Å². The molecule has 0 heterocycles. The maximum absolute atomic E-state index is 8.81. The van der Waals surface area contributed by atoms with Gasteiger partial charge in [0, 0.05) is 0 Å². The van der Waals surface area contributed by atoms with Gasteiger partial charge in [0.1, 0.15) is 0 Å². The molecule has 10 N–H and O–H groups in total. The average Bonchev–Trinajstić information content (AvgIpc) is 2.13. The van der Waals surface area contributed by atoms with E-state index in [-0.39, 0.29) is 0 Å². The van der Waals surface area contributed by atoms with Crippen molar-refractivity contribution in [2.45, 2.75) is 13.3 Å². The molecule has 0 radical (unpaired) electrons. The van der Waals surface area contributed by atoms with Crippen LogP contribution in [0.5, 0.6) is 0 Å². The van der Waals surface area contributed by atoms with Crippen molar-refractivity contribution in [3.8, 4) is 0 Å². The van der Waals surface area contributed by atoms with Crippen molar-refractivity contribution in [2.24, 2.45) is 5.73 Å². The van der Waals surface area contributed by atoms with Crippen molar-refractivity contribution in [3.05, 3.63) is 0 Å². The Morgan fingerprint density at radius 3 is 0.700 bits per heavy atom. The first-order valence-electron chi connectivity index (χ1n) is 4.22. The Balaban J connectivity index is -0.0000000469. The van der Waals surface area contributed by atoms with E-state index in [9.17, 15) is 0 Å². The van der Waals surface area contributed by atoms with Gasteiger partial charge in [-0.1, -0.05) is 6.92 Å². The molecule has 0 spiro atoms. The molecular formula is C3H17NO12Ti4. The molecule has 0 atom stereocenters. The molecule has 0 fully saturated rings. The van der Waals surface area contributed by atoms with Crippen LogP contribution < -0.4 is 5.73 Å². The van der Waals surface area contributed by atoms with E-state index in [4.69, 9.17) is 48.5 Å². The molecule has 20 heavy (non-hydrogen) atoms. The van der Waals surface area contributed by atoms with Crippen LogP contribution in [0.25, 0.3) is 0 Å². The molecule has 122 valence electrons. The van der Waals surface area contributed by atoms with Crippen LogP contribution in [0.4, 0.5) is 0 Å². The van der Waals surface area contributed by atoms with Crippen LogP contribution in [0.3, 0.4) is 0 Å². The van der Waals surface area contributed by atoms with Crippen LogP contribution in [0.2, 0.25) is 0 Å². The fourth-order valence-electron chi connectivity index (χ4n) is 0. The summed E-state index contributed by atoms with van der Waals surface area (Å²) in [5.41, 5.74) is 5.03. The van der Waals surface area contributed by atoms with Crippen molar-refractivity contribution in [2.75, 3.05) is 6.54 Å². The van der Waals surface area contributed by atoms with Gasteiger partial charge in [0.25, 0.3) is 0 Å². The number of hydrogen-bond donors (Lipinski definition) is 9. The molecule has 0 amide bonds. The molecule has 0 aromatic rings. The quantitative estimate of drug-likeness (QED) is 0.171. The third-order valence-corrected chi connectivity index (χ3v) is 0.289. The van der Waals surface area contributed by atoms with Gasteiger partial charge in [-0.05, 0) is 13.0 Å². The van der Waals surface area contributed by atoms with Crippen molar-refractivity contribution < 1.29 is 117 Å². The van der Waals surface area contributed by atoms with Gasteiger partial charge in [-0.15, -0.1) is 0 Å². The molecule has 0 unspecified atom stereocenters. The van der Waals surface area contributed by atoms with E-state index in [2.05, 4.69) is 6.92 Å². The molecule has 0 saturated carbocycles. The standard InChI is InChI=1S/C3H9N.8H2O.4O.4Ti/c1-2-3-4;;;;;;;;;;;;;;;;/h2-4H2,1H3;8*1H2;;;;;;;;/q;;;;;;;;;;;;;4*+2/p-8. The first kappa shape index (κ1) is 33.3. The Bertz CT molecular complexity index is 193. The van der Waals surface area contributed by atoms with Crippen LogP contribution in [0.1, 0.15) is 13.3 Å². The van der Waals surface area contributed by atoms with Crippen LogP contribution in [-0.4, -0.2) is 36.0 Å². The molecule has 13 nitrogen and oxygen atoms in total. The first-order valence-corrected chi connectivity index (χ1v) is 12.4. The van der Waals surface area contributed by atoms with Crippen LogP contribution in [0.15, 0.2) is 0 Å². The van der Waals surface area contributed by atoms with Gasteiger partial charge in [-0.25, -0.2) is 0 Å². The van der Waals surface area contributed by atoms with Gasteiger partial charge in [0.15, 0.2) is 0 Å². The zero-order valence-corrected chi connectivity index (χ0v) is 16.4. The van der Waals surface area contributed by atoms with Crippen LogP contribution in [0, 0.1) is 0 Å². The Morgan fingerprint density at radius 2 is 0.700 bits per heavy atom. The number of nitrogens with two attached hydrogens (primary N) is 1. The van der Waals surface area contributed by atoms with E-state index in [0.29, 0.717) is 0 Å². The van der Waals surface area contributed by atoms with E-state index in [0.717, 1.165) is 13.0 Å². The second-order valence-corrected chi connectivity index (χ2v) is 5.45. The molecule has 0 rings (SSSR count). The Hall–Kier alpha value is 1.70. The SMILES string of the molecule is CCCN.[O]=[Ti]([OH])[OH].[O]=[Ti]([OH])[OH].[O]=[Ti]([OH])[OH].[O]=[Ti]([OH])[OH]. The summed E-state index contributed by atoms with van der Waals surface area (Å²) >= 11 is -14.3. The molecule has 0 bridgehead atoms. The zero-order valence-electron chi connectivity index (χ0n) is 10.2. The van der Waals surface area contributed by atoms with E-state index < -0.39 is 74.5 Å². The summed E-state index contributed by atoms with van der Waals surface area (Å²) in [5, 5.41) is 0. The minimum absolute atomic E-state index is 0.819. The van der Waals surface area contributed by atoms with Crippen molar-refractivity contribution in [3.63, 3.8) is 0 Å². The van der Waals surface area contributed by atoms with Crippen molar-refractivity contribution >= 4 is 0 Å². The number of rotatable bonds is 1. The topological polar surface area (TPSA) is 256 Å². The predicted octanol–water partition coefficient (Wildman–Crippen LogP) is -4.59. The molecule has 0 saturated heterocycles. The maximum atomic E-state index is 8.81. The van der Waals surface area contributed by atoms with E-state index in [1.807, 2.05) is 0 Å². The minimum atomic E-state index is -3.58. The van der Waals surface area contributed by atoms with E-state index in [1.54, 1.807) is 0 Å². The van der Waals surface area contributed by atoms with Gasteiger partial charge in [-0.3, -0.25) is 0 Å². The van der Waals surface area contributed by atoms with E-state index >= 15 is 0 Å². The number of hydrogen-bond acceptors (Lipinski definition) is 5. The molecule has 0 aromatic carbocycles. The summed E-state index contributed by atoms with van der Waals surface area (Å²) < 4.78 is 93.0. The zero-order chi connectivity index (χ0) is 17.7. The van der Waals surface area contributed by atoms with Gasteiger partial charge < -0.3 is 5.73 Å². The third kappa shape index (κ3) is 947. The van der Waals surface area contributed by atoms with Gasteiger partial charge in [-0.2, -0.15) is 0 Å². The normalized spacial score (nSPS) is 6.70. The summed E-state index contributed by atoms with van der Waals surface area (Å²) in [5.74, 6) is 0. The third-order valence-electron chi connectivity index (χ3n) is 0.289. The molecule has 0 aliphatic carbocycles.